The van der Waals surface area contributed by atoms with Crippen molar-refractivity contribution in [2.75, 3.05) is 30.5 Å². The molecule has 17 heavy (non-hydrogen) atoms. The molecule has 0 bridgehead atoms. The van der Waals surface area contributed by atoms with Crippen molar-refractivity contribution in [2.45, 2.75) is 6.18 Å². The van der Waals surface area contributed by atoms with Crippen LogP contribution in [0.25, 0.3) is 0 Å². The SMILES string of the molecule is CN(CCO)c1cc(C(F)(F)F)cc(NN)n1. The normalized spacial score (nSPS) is 11.4. The van der Waals surface area contributed by atoms with Gasteiger partial charge in [-0.3, -0.25) is 0 Å². The summed E-state index contributed by atoms with van der Waals surface area (Å²) in [6, 6.07) is 1.72. The second kappa shape index (κ2) is 5.19. The number of aliphatic hydroxyl groups excluding tert-OH is 1. The molecular weight excluding hydrogens is 237 g/mol. The summed E-state index contributed by atoms with van der Waals surface area (Å²) in [5, 5.41) is 8.72. The smallest absolute Gasteiger partial charge is 0.395 e. The van der Waals surface area contributed by atoms with Crippen LogP contribution in [0.5, 0.6) is 0 Å². The van der Waals surface area contributed by atoms with Crippen molar-refractivity contribution in [2.24, 2.45) is 5.84 Å². The van der Waals surface area contributed by atoms with Gasteiger partial charge in [-0.1, -0.05) is 0 Å². The third-order valence-corrected chi connectivity index (χ3v) is 2.11. The summed E-state index contributed by atoms with van der Waals surface area (Å²) >= 11 is 0. The number of rotatable bonds is 4. The number of aromatic nitrogens is 1. The van der Waals surface area contributed by atoms with Gasteiger partial charge >= 0.3 is 6.18 Å². The monoisotopic (exact) mass is 250 g/mol. The van der Waals surface area contributed by atoms with E-state index in [4.69, 9.17) is 10.9 Å². The lowest BCUT2D eigenvalue weighted by Gasteiger charge is -2.19. The molecule has 4 N–H and O–H groups in total. The highest BCUT2D eigenvalue weighted by atomic mass is 19.4. The number of alkyl halides is 3. The predicted molar refractivity (Wildman–Crippen MR) is 57.4 cm³/mol. The molecule has 0 aliphatic carbocycles. The second-order valence-electron chi connectivity index (χ2n) is 3.39. The van der Waals surface area contributed by atoms with E-state index in [2.05, 4.69) is 10.4 Å². The van der Waals surface area contributed by atoms with Crippen LogP contribution in [0.4, 0.5) is 24.8 Å². The topological polar surface area (TPSA) is 74.4 Å². The van der Waals surface area contributed by atoms with Gasteiger partial charge in [-0.05, 0) is 12.1 Å². The molecule has 1 aromatic rings. The number of hydrazine groups is 1. The van der Waals surface area contributed by atoms with Gasteiger partial charge in [0.1, 0.15) is 11.6 Å². The van der Waals surface area contributed by atoms with E-state index in [1.165, 1.54) is 11.9 Å². The molecule has 0 aliphatic heterocycles. The minimum absolute atomic E-state index is 0.0837. The number of nitrogen functional groups attached to an aromatic ring is 1. The second-order valence-corrected chi connectivity index (χ2v) is 3.39. The predicted octanol–water partition coefficient (Wildman–Crippen LogP) is 0.815. The van der Waals surface area contributed by atoms with Gasteiger partial charge < -0.3 is 15.4 Å². The van der Waals surface area contributed by atoms with E-state index in [1.807, 2.05) is 0 Å². The fourth-order valence-electron chi connectivity index (χ4n) is 1.21. The van der Waals surface area contributed by atoms with Gasteiger partial charge in [-0.25, -0.2) is 10.8 Å². The fraction of sp³-hybridized carbons (Fsp3) is 0.444. The van der Waals surface area contributed by atoms with E-state index in [0.717, 1.165) is 12.1 Å². The molecule has 96 valence electrons. The number of halogens is 3. The Bertz CT molecular complexity index is 383. The van der Waals surface area contributed by atoms with Crippen LogP contribution in [0.15, 0.2) is 12.1 Å². The van der Waals surface area contributed by atoms with Crippen molar-refractivity contribution < 1.29 is 18.3 Å². The number of hydrogen-bond donors (Lipinski definition) is 3. The number of likely N-dealkylation sites (N-methyl/N-ethyl adjacent to an activating group) is 1. The molecular formula is C9H13F3N4O. The zero-order chi connectivity index (χ0) is 13.1. The molecule has 0 radical (unpaired) electrons. The van der Waals surface area contributed by atoms with Gasteiger partial charge in [0, 0.05) is 13.6 Å². The number of aliphatic hydroxyl groups is 1. The van der Waals surface area contributed by atoms with Crippen molar-refractivity contribution >= 4 is 11.6 Å². The highest BCUT2D eigenvalue weighted by molar-refractivity contribution is 5.50. The summed E-state index contributed by atoms with van der Waals surface area (Å²) in [6.07, 6.45) is -4.47. The standard InChI is InChI=1S/C9H13F3N4O/c1-16(2-3-17)8-5-6(9(10,11)12)4-7(14-8)15-13/h4-5,17H,2-3,13H2,1H3,(H,14,15). The van der Waals surface area contributed by atoms with Gasteiger partial charge in [0.05, 0.1) is 12.2 Å². The first-order chi connectivity index (χ1) is 7.88. The Kier molecular flexibility index (Phi) is 4.13. The molecule has 0 saturated carbocycles. The summed E-state index contributed by atoms with van der Waals surface area (Å²) in [7, 11) is 1.53. The van der Waals surface area contributed by atoms with Crippen LogP contribution in [0.3, 0.4) is 0 Å². The summed E-state index contributed by atoms with van der Waals surface area (Å²) in [5.74, 6) is 5.06. The van der Waals surface area contributed by atoms with Crippen LogP contribution in [-0.2, 0) is 6.18 Å². The lowest BCUT2D eigenvalue weighted by molar-refractivity contribution is -0.137. The fourth-order valence-corrected chi connectivity index (χ4v) is 1.21. The van der Waals surface area contributed by atoms with Gasteiger partial charge in [-0.15, -0.1) is 0 Å². The Morgan fingerprint density at radius 1 is 1.47 bits per heavy atom. The third-order valence-electron chi connectivity index (χ3n) is 2.11. The Morgan fingerprint density at radius 2 is 2.12 bits per heavy atom. The number of nitrogens with one attached hydrogen (secondary N) is 1. The first-order valence-electron chi connectivity index (χ1n) is 4.76. The van der Waals surface area contributed by atoms with Crippen molar-refractivity contribution in [3.8, 4) is 0 Å². The van der Waals surface area contributed by atoms with E-state index < -0.39 is 11.7 Å². The highest BCUT2D eigenvalue weighted by Gasteiger charge is 2.32. The van der Waals surface area contributed by atoms with Gasteiger partial charge in [0.15, 0.2) is 0 Å². The maximum Gasteiger partial charge on any atom is 0.416 e. The summed E-state index contributed by atoms with van der Waals surface area (Å²) in [6.45, 7) is -0.00185. The van der Waals surface area contributed by atoms with Crippen molar-refractivity contribution in [1.82, 2.24) is 4.98 Å². The van der Waals surface area contributed by atoms with Crippen LogP contribution in [0.2, 0.25) is 0 Å². The van der Waals surface area contributed by atoms with Gasteiger partial charge in [0.25, 0.3) is 0 Å². The van der Waals surface area contributed by atoms with Crippen LogP contribution in [0, 0.1) is 0 Å². The molecule has 0 unspecified atom stereocenters. The van der Waals surface area contributed by atoms with Gasteiger partial charge in [0.2, 0.25) is 0 Å². The number of pyridine rings is 1. The molecule has 0 spiro atoms. The largest absolute Gasteiger partial charge is 0.416 e. The lowest BCUT2D eigenvalue weighted by atomic mass is 10.2. The van der Waals surface area contributed by atoms with E-state index in [9.17, 15) is 13.2 Å². The molecule has 5 nitrogen and oxygen atoms in total. The Morgan fingerprint density at radius 3 is 2.59 bits per heavy atom. The molecule has 1 aromatic heterocycles. The molecule has 1 rings (SSSR count). The first-order valence-corrected chi connectivity index (χ1v) is 4.76. The van der Waals surface area contributed by atoms with E-state index >= 15 is 0 Å². The third kappa shape index (κ3) is 3.46. The number of nitrogens with two attached hydrogens (primary N) is 1. The molecule has 1 heterocycles. The molecule has 8 heteroatoms. The summed E-state index contributed by atoms with van der Waals surface area (Å²) in [4.78, 5) is 5.26. The highest BCUT2D eigenvalue weighted by Crippen LogP contribution is 2.32. The zero-order valence-corrected chi connectivity index (χ0v) is 9.12. The van der Waals surface area contributed by atoms with E-state index in [-0.39, 0.29) is 24.8 Å². The Hall–Kier alpha value is -1.54. The van der Waals surface area contributed by atoms with Crippen molar-refractivity contribution in [1.29, 1.82) is 0 Å². The molecule has 0 amide bonds. The quantitative estimate of drug-likeness (QED) is 0.545. The Balaban J connectivity index is 3.14. The number of anilines is 2. The molecule has 0 aromatic carbocycles. The minimum atomic E-state index is -4.47. The maximum absolute atomic E-state index is 12.6. The molecule has 0 saturated heterocycles. The minimum Gasteiger partial charge on any atom is -0.395 e. The van der Waals surface area contributed by atoms with E-state index in [1.54, 1.807) is 0 Å². The molecule has 0 aliphatic rings. The average Bonchev–Trinajstić information content (AvgIpc) is 2.27. The first kappa shape index (κ1) is 13.5. The lowest BCUT2D eigenvalue weighted by Crippen LogP contribution is -2.24. The molecule has 0 atom stereocenters. The van der Waals surface area contributed by atoms with Crippen LogP contribution in [-0.4, -0.2) is 30.3 Å². The van der Waals surface area contributed by atoms with Crippen molar-refractivity contribution in [3.63, 3.8) is 0 Å². The van der Waals surface area contributed by atoms with Crippen LogP contribution < -0.4 is 16.2 Å². The van der Waals surface area contributed by atoms with Gasteiger partial charge in [-0.2, -0.15) is 13.2 Å². The summed E-state index contributed by atoms with van der Waals surface area (Å²) < 4.78 is 37.7. The number of hydrogen-bond acceptors (Lipinski definition) is 5. The summed E-state index contributed by atoms with van der Waals surface area (Å²) in [5.41, 5.74) is 1.23. The molecule has 0 fully saturated rings. The van der Waals surface area contributed by atoms with Crippen molar-refractivity contribution in [3.05, 3.63) is 17.7 Å². The maximum atomic E-state index is 12.6. The zero-order valence-electron chi connectivity index (χ0n) is 9.12. The number of nitrogens with zero attached hydrogens (tertiary/aromatic N) is 2. The van der Waals surface area contributed by atoms with Crippen LogP contribution in [0.1, 0.15) is 5.56 Å². The average molecular weight is 250 g/mol. The Labute approximate surface area is 96.0 Å². The van der Waals surface area contributed by atoms with E-state index in [0.29, 0.717) is 0 Å². The van der Waals surface area contributed by atoms with Crippen LogP contribution >= 0.6 is 0 Å².